The highest BCUT2D eigenvalue weighted by Crippen LogP contribution is 2.31. The summed E-state index contributed by atoms with van der Waals surface area (Å²) in [6.45, 7) is 6.19. The fraction of sp³-hybridized carbons (Fsp3) is 0.200. The molecular formula is C25H24N6O. The molecular weight excluding hydrogens is 400 g/mol. The van der Waals surface area contributed by atoms with E-state index >= 15 is 0 Å². The van der Waals surface area contributed by atoms with Crippen molar-refractivity contribution in [2.75, 3.05) is 17.2 Å². The van der Waals surface area contributed by atoms with Crippen LogP contribution in [0.4, 0.5) is 17.2 Å². The van der Waals surface area contributed by atoms with Gasteiger partial charge in [-0.1, -0.05) is 19.9 Å². The Kier molecular flexibility index (Phi) is 5.03. The highest BCUT2D eigenvalue weighted by Gasteiger charge is 2.27. The summed E-state index contributed by atoms with van der Waals surface area (Å²) in [5, 5.41) is 10.6. The Balaban J connectivity index is 1.39. The third-order valence-corrected chi connectivity index (χ3v) is 5.77. The van der Waals surface area contributed by atoms with Gasteiger partial charge in [0.2, 0.25) is 0 Å². The summed E-state index contributed by atoms with van der Waals surface area (Å²) in [6.07, 6.45) is 6.84. The Hall–Kier alpha value is -3.84. The van der Waals surface area contributed by atoms with Gasteiger partial charge in [0.15, 0.2) is 0 Å². The second-order valence-corrected chi connectivity index (χ2v) is 8.63. The summed E-state index contributed by atoms with van der Waals surface area (Å²) in [4.78, 5) is 26.1. The molecule has 3 N–H and O–H groups in total. The van der Waals surface area contributed by atoms with E-state index in [9.17, 15) is 4.79 Å². The number of carbonyl (C=O) groups is 1. The minimum absolute atomic E-state index is 0.0694. The number of amides is 1. The fourth-order valence-corrected chi connectivity index (χ4v) is 4.15. The van der Waals surface area contributed by atoms with Gasteiger partial charge in [-0.15, -0.1) is 0 Å². The van der Waals surface area contributed by atoms with Crippen LogP contribution in [0.25, 0.3) is 10.9 Å². The molecule has 0 bridgehead atoms. The monoisotopic (exact) mass is 424 g/mol. The Morgan fingerprint density at radius 2 is 1.94 bits per heavy atom. The number of rotatable bonds is 4. The molecule has 1 aliphatic rings. The van der Waals surface area contributed by atoms with Gasteiger partial charge in [0, 0.05) is 48.2 Å². The van der Waals surface area contributed by atoms with E-state index in [1.54, 1.807) is 36.9 Å². The minimum atomic E-state index is -0.223. The normalized spacial score (nSPS) is 14.6. The summed E-state index contributed by atoms with van der Waals surface area (Å²) in [7, 11) is 0. The van der Waals surface area contributed by atoms with E-state index in [0.29, 0.717) is 11.4 Å². The molecule has 4 aromatic rings. The van der Waals surface area contributed by atoms with Crippen molar-refractivity contribution >= 4 is 34.0 Å². The number of anilines is 3. The smallest absolute Gasteiger partial charge is 0.259 e. The molecule has 0 unspecified atom stereocenters. The summed E-state index contributed by atoms with van der Waals surface area (Å²) in [5.41, 5.74) is 5.40. The maximum atomic E-state index is 13.1. The predicted molar refractivity (Wildman–Crippen MR) is 126 cm³/mol. The molecule has 3 aromatic heterocycles. The molecule has 0 aliphatic carbocycles. The third kappa shape index (κ3) is 3.90. The number of nitrogens with one attached hydrogen (secondary N) is 3. The van der Waals surface area contributed by atoms with Crippen molar-refractivity contribution in [3.8, 4) is 0 Å². The zero-order valence-electron chi connectivity index (χ0n) is 18.0. The van der Waals surface area contributed by atoms with Crippen molar-refractivity contribution in [1.29, 1.82) is 0 Å². The number of benzene rings is 1. The number of hydrogen-bond acceptors (Lipinski definition) is 6. The lowest BCUT2D eigenvalue weighted by Gasteiger charge is -2.33. The molecule has 0 saturated heterocycles. The van der Waals surface area contributed by atoms with Crippen LogP contribution in [0, 0.1) is 0 Å². The van der Waals surface area contributed by atoms with Gasteiger partial charge < -0.3 is 16.0 Å². The third-order valence-electron chi connectivity index (χ3n) is 5.77. The van der Waals surface area contributed by atoms with Crippen LogP contribution in [0.15, 0.2) is 67.3 Å². The summed E-state index contributed by atoms with van der Waals surface area (Å²) < 4.78 is 0. The number of hydrogen-bond donors (Lipinski definition) is 3. The average molecular weight is 425 g/mol. The van der Waals surface area contributed by atoms with Gasteiger partial charge in [-0.2, -0.15) is 0 Å². The van der Waals surface area contributed by atoms with Gasteiger partial charge in [-0.05, 0) is 47.5 Å². The van der Waals surface area contributed by atoms with Gasteiger partial charge >= 0.3 is 0 Å². The lowest BCUT2D eigenvalue weighted by molar-refractivity contribution is 0.102. The number of fused-ring (bicyclic) bond motifs is 2. The van der Waals surface area contributed by atoms with Gasteiger partial charge in [0.25, 0.3) is 5.91 Å². The number of pyridine rings is 3. The molecule has 1 aliphatic heterocycles. The molecule has 0 radical (unpaired) electrons. The molecule has 160 valence electrons. The number of aromatic nitrogens is 3. The first kappa shape index (κ1) is 20.1. The first-order chi connectivity index (χ1) is 15.5. The van der Waals surface area contributed by atoms with Gasteiger partial charge in [0.05, 0.1) is 23.0 Å². The second-order valence-electron chi connectivity index (χ2n) is 8.63. The van der Waals surface area contributed by atoms with Crippen LogP contribution in [0.3, 0.4) is 0 Å². The first-order valence-electron chi connectivity index (χ1n) is 10.6. The fourth-order valence-electron chi connectivity index (χ4n) is 4.15. The Morgan fingerprint density at radius 1 is 1.03 bits per heavy atom. The quantitative estimate of drug-likeness (QED) is 0.450. The molecule has 32 heavy (non-hydrogen) atoms. The summed E-state index contributed by atoms with van der Waals surface area (Å²) in [5.74, 6) is 0.245. The molecule has 7 heteroatoms. The van der Waals surface area contributed by atoms with Crippen LogP contribution in [0.1, 0.15) is 35.3 Å². The highest BCUT2D eigenvalue weighted by atomic mass is 16.1. The molecule has 5 rings (SSSR count). The molecule has 4 heterocycles. The molecule has 7 nitrogen and oxygen atoms in total. The van der Waals surface area contributed by atoms with E-state index in [1.165, 1.54) is 11.1 Å². The van der Waals surface area contributed by atoms with Crippen molar-refractivity contribution in [2.24, 2.45) is 0 Å². The van der Waals surface area contributed by atoms with Crippen LogP contribution in [0.5, 0.6) is 0 Å². The maximum Gasteiger partial charge on any atom is 0.259 e. The van der Waals surface area contributed by atoms with E-state index in [2.05, 4.69) is 50.8 Å². The predicted octanol–water partition coefficient (Wildman–Crippen LogP) is 4.40. The van der Waals surface area contributed by atoms with Crippen LogP contribution in [-0.4, -0.2) is 27.4 Å². The largest absolute Gasteiger partial charge is 0.338 e. The Bertz CT molecular complexity index is 1320. The van der Waals surface area contributed by atoms with Crippen molar-refractivity contribution in [3.05, 3.63) is 83.9 Å². The molecule has 1 amide bonds. The SMILES string of the molecule is CC1(C)CNCc2cc(NC(=O)c3cccnc3Nc3cnc4ccncc4c3)ccc21. The summed E-state index contributed by atoms with van der Waals surface area (Å²) in [6, 6.07) is 13.4. The summed E-state index contributed by atoms with van der Waals surface area (Å²) >= 11 is 0. The van der Waals surface area contributed by atoms with Crippen LogP contribution in [-0.2, 0) is 12.0 Å². The van der Waals surface area contributed by atoms with Crippen molar-refractivity contribution in [2.45, 2.75) is 25.8 Å². The Labute approximate surface area is 186 Å². The first-order valence-corrected chi connectivity index (χ1v) is 10.6. The lowest BCUT2D eigenvalue weighted by Crippen LogP contribution is -2.38. The average Bonchev–Trinajstić information content (AvgIpc) is 2.79. The van der Waals surface area contributed by atoms with E-state index in [1.807, 2.05) is 24.3 Å². The molecule has 0 spiro atoms. The van der Waals surface area contributed by atoms with E-state index in [4.69, 9.17) is 0 Å². The van der Waals surface area contributed by atoms with Crippen LogP contribution >= 0.6 is 0 Å². The lowest BCUT2D eigenvalue weighted by atomic mass is 9.79. The second kappa shape index (κ2) is 8.01. The van der Waals surface area contributed by atoms with Gasteiger partial charge in [0.1, 0.15) is 5.82 Å². The van der Waals surface area contributed by atoms with Crippen LogP contribution < -0.4 is 16.0 Å². The molecule has 0 fully saturated rings. The Morgan fingerprint density at radius 3 is 2.84 bits per heavy atom. The molecule has 1 aromatic carbocycles. The number of nitrogens with zero attached hydrogens (tertiary/aromatic N) is 3. The topological polar surface area (TPSA) is 91.8 Å². The zero-order valence-corrected chi connectivity index (χ0v) is 18.0. The van der Waals surface area contributed by atoms with E-state index < -0.39 is 0 Å². The maximum absolute atomic E-state index is 13.1. The highest BCUT2D eigenvalue weighted by molar-refractivity contribution is 6.08. The zero-order chi connectivity index (χ0) is 22.1. The minimum Gasteiger partial charge on any atom is -0.338 e. The number of carbonyl (C=O) groups excluding carboxylic acids is 1. The van der Waals surface area contributed by atoms with Gasteiger partial charge in [-0.25, -0.2) is 4.98 Å². The van der Waals surface area contributed by atoms with Crippen LogP contribution in [0.2, 0.25) is 0 Å². The van der Waals surface area contributed by atoms with Crippen molar-refractivity contribution in [3.63, 3.8) is 0 Å². The van der Waals surface area contributed by atoms with E-state index in [0.717, 1.165) is 35.4 Å². The van der Waals surface area contributed by atoms with Crippen molar-refractivity contribution < 1.29 is 4.79 Å². The van der Waals surface area contributed by atoms with Crippen molar-refractivity contribution in [1.82, 2.24) is 20.3 Å². The van der Waals surface area contributed by atoms with Gasteiger partial charge in [-0.3, -0.25) is 14.8 Å². The van der Waals surface area contributed by atoms with E-state index in [-0.39, 0.29) is 11.3 Å². The molecule has 0 atom stereocenters. The molecule has 0 saturated carbocycles. The standard InChI is InChI=1S/C25H24N6O/c1-25(2)15-27-12-16-10-18(5-6-21(16)25)31-24(32)20-4-3-8-28-23(20)30-19-11-17-13-26-9-7-22(17)29-14-19/h3-11,13-14,27H,12,15H2,1-2H3,(H,28,30)(H,31,32).